The highest BCUT2D eigenvalue weighted by atomic mass is 127. The fourth-order valence-corrected chi connectivity index (χ4v) is 1.30. The molecule has 0 radical (unpaired) electrons. The fourth-order valence-electron chi connectivity index (χ4n) is 1.30. The maximum Gasteiger partial charge on any atom is 0.188 e. The van der Waals surface area contributed by atoms with Crippen LogP contribution in [0.5, 0.6) is 0 Å². The van der Waals surface area contributed by atoms with Gasteiger partial charge < -0.3 is 11.1 Å². The van der Waals surface area contributed by atoms with E-state index in [-0.39, 0.29) is 24.0 Å². The summed E-state index contributed by atoms with van der Waals surface area (Å²) in [6.45, 7) is 5.79. The number of hydrogen-bond acceptors (Lipinski definition) is 2. The SMILES string of the molecule is CC(C)CN=C(N)NCCc1ccnn1C.I. The third kappa shape index (κ3) is 6.50. The van der Waals surface area contributed by atoms with Gasteiger partial charge in [0.05, 0.1) is 0 Å². The Kier molecular flexibility index (Phi) is 7.94. The molecule has 0 aliphatic carbocycles. The van der Waals surface area contributed by atoms with Gasteiger partial charge in [-0.2, -0.15) is 5.10 Å². The molecule has 1 rings (SSSR count). The number of nitrogens with zero attached hydrogens (tertiary/aromatic N) is 3. The monoisotopic (exact) mass is 351 g/mol. The molecule has 0 aromatic carbocycles. The number of aryl methyl sites for hydroxylation is 1. The molecule has 0 unspecified atom stereocenters. The third-order valence-corrected chi connectivity index (χ3v) is 2.24. The quantitative estimate of drug-likeness (QED) is 0.475. The highest BCUT2D eigenvalue weighted by Gasteiger charge is 1.98. The lowest BCUT2D eigenvalue weighted by Gasteiger charge is -2.06. The molecule has 3 N–H and O–H groups in total. The molecule has 0 saturated heterocycles. The molecule has 98 valence electrons. The zero-order valence-electron chi connectivity index (χ0n) is 10.7. The summed E-state index contributed by atoms with van der Waals surface area (Å²) < 4.78 is 1.86. The summed E-state index contributed by atoms with van der Waals surface area (Å²) in [5, 5.41) is 7.19. The molecule has 0 saturated carbocycles. The Balaban J connectivity index is 0.00000256. The van der Waals surface area contributed by atoms with Crippen molar-refractivity contribution in [2.45, 2.75) is 20.3 Å². The second kappa shape index (κ2) is 8.32. The van der Waals surface area contributed by atoms with Crippen LogP contribution in [-0.2, 0) is 13.5 Å². The van der Waals surface area contributed by atoms with Gasteiger partial charge in [0.2, 0.25) is 0 Å². The molecular formula is C11H22IN5. The van der Waals surface area contributed by atoms with Gasteiger partial charge in [-0.25, -0.2) is 0 Å². The molecule has 17 heavy (non-hydrogen) atoms. The molecular weight excluding hydrogens is 329 g/mol. The van der Waals surface area contributed by atoms with E-state index in [4.69, 9.17) is 5.73 Å². The second-order valence-electron chi connectivity index (χ2n) is 4.24. The standard InChI is InChI=1S/C11H21N5.HI/c1-9(2)8-14-11(12)13-6-4-10-5-7-15-16(10)3;/h5,7,9H,4,6,8H2,1-3H3,(H3,12,13,14);1H. The summed E-state index contributed by atoms with van der Waals surface area (Å²) in [5.41, 5.74) is 6.90. The largest absolute Gasteiger partial charge is 0.370 e. The summed E-state index contributed by atoms with van der Waals surface area (Å²) in [6, 6.07) is 2.00. The molecule has 0 fully saturated rings. The number of aliphatic imine (C=N–C) groups is 1. The normalized spacial score (nSPS) is 11.4. The van der Waals surface area contributed by atoms with Crippen molar-refractivity contribution in [1.29, 1.82) is 0 Å². The van der Waals surface area contributed by atoms with E-state index in [0.29, 0.717) is 11.9 Å². The first-order valence-electron chi connectivity index (χ1n) is 5.60. The zero-order chi connectivity index (χ0) is 12.0. The van der Waals surface area contributed by atoms with E-state index in [2.05, 4.69) is 29.3 Å². The first kappa shape index (κ1) is 16.2. The van der Waals surface area contributed by atoms with Crippen LogP contribution in [0.15, 0.2) is 17.3 Å². The molecule has 0 atom stereocenters. The molecule has 0 bridgehead atoms. The molecule has 0 spiro atoms. The predicted molar refractivity (Wildman–Crippen MR) is 81.7 cm³/mol. The number of nitrogens with two attached hydrogens (primary N) is 1. The fraction of sp³-hybridized carbons (Fsp3) is 0.636. The Bertz CT molecular complexity index is 345. The Morgan fingerprint density at radius 3 is 2.82 bits per heavy atom. The van der Waals surface area contributed by atoms with Crippen molar-refractivity contribution in [2.24, 2.45) is 23.7 Å². The van der Waals surface area contributed by atoms with Crippen molar-refractivity contribution in [1.82, 2.24) is 15.1 Å². The van der Waals surface area contributed by atoms with Crippen LogP contribution >= 0.6 is 24.0 Å². The average Bonchev–Trinajstić information content (AvgIpc) is 2.61. The lowest BCUT2D eigenvalue weighted by atomic mass is 10.2. The van der Waals surface area contributed by atoms with Gasteiger partial charge in [0.15, 0.2) is 5.96 Å². The topological polar surface area (TPSA) is 68.2 Å². The van der Waals surface area contributed by atoms with Crippen LogP contribution in [0.2, 0.25) is 0 Å². The highest BCUT2D eigenvalue weighted by Crippen LogP contribution is 1.96. The lowest BCUT2D eigenvalue weighted by Crippen LogP contribution is -2.33. The summed E-state index contributed by atoms with van der Waals surface area (Å²) >= 11 is 0. The van der Waals surface area contributed by atoms with Crippen LogP contribution in [0.25, 0.3) is 0 Å². The molecule has 1 heterocycles. The van der Waals surface area contributed by atoms with E-state index in [1.54, 1.807) is 6.20 Å². The van der Waals surface area contributed by atoms with Crippen molar-refractivity contribution in [2.75, 3.05) is 13.1 Å². The zero-order valence-corrected chi connectivity index (χ0v) is 13.0. The number of hydrogen-bond donors (Lipinski definition) is 2. The second-order valence-corrected chi connectivity index (χ2v) is 4.24. The van der Waals surface area contributed by atoms with Gasteiger partial charge in [0.25, 0.3) is 0 Å². The number of guanidine groups is 1. The minimum absolute atomic E-state index is 0. The number of halogens is 1. The average molecular weight is 351 g/mol. The predicted octanol–water partition coefficient (Wildman–Crippen LogP) is 1.14. The van der Waals surface area contributed by atoms with Gasteiger partial charge in [-0.3, -0.25) is 9.67 Å². The van der Waals surface area contributed by atoms with Crippen LogP contribution in [0, 0.1) is 5.92 Å². The van der Waals surface area contributed by atoms with E-state index in [1.807, 2.05) is 17.8 Å². The van der Waals surface area contributed by atoms with Crippen LogP contribution in [0.4, 0.5) is 0 Å². The van der Waals surface area contributed by atoms with Crippen LogP contribution in [0.3, 0.4) is 0 Å². The molecule has 1 aromatic heterocycles. The van der Waals surface area contributed by atoms with Crippen LogP contribution < -0.4 is 11.1 Å². The maximum atomic E-state index is 5.72. The summed E-state index contributed by atoms with van der Waals surface area (Å²) in [5.74, 6) is 1.06. The summed E-state index contributed by atoms with van der Waals surface area (Å²) in [4.78, 5) is 4.23. The summed E-state index contributed by atoms with van der Waals surface area (Å²) in [6.07, 6.45) is 2.69. The van der Waals surface area contributed by atoms with Gasteiger partial charge in [0.1, 0.15) is 0 Å². The van der Waals surface area contributed by atoms with Crippen molar-refractivity contribution >= 4 is 29.9 Å². The number of aromatic nitrogens is 2. The van der Waals surface area contributed by atoms with E-state index >= 15 is 0 Å². The molecule has 5 nitrogen and oxygen atoms in total. The van der Waals surface area contributed by atoms with Crippen molar-refractivity contribution in [3.05, 3.63) is 18.0 Å². The van der Waals surface area contributed by atoms with E-state index in [0.717, 1.165) is 19.5 Å². The first-order chi connectivity index (χ1) is 7.59. The third-order valence-electron chi connectivity index (χ3n) is 2.24. The Hall–Kier alpha value is -0.790. The van der Waals surface area contributed by atoms with Gasteiger partial charge in [0, 0.05) is 38.4 Å². The smallest absolute Gasteiger partial charge is 0.188 e. The molecule has 0 aliphatic heterocycles. The van der Waals surface area contributed by atoms with Crippen molar-refractivity contribution in [3.63, 3.8) is 0 Å². The van der Waals surface area contributed by atoms with E-state index in [9.17, 15) is 0 Å². The van der Waals surface area contributed by atoms with E-state index in [1.165, 1.54) is 5.69 Å². The maximum absolute atomic E-state index is 5.72. The molecule has 0 amide bonds. The van der Waals surface area contributed by atoms with Gasteiger partial charge in [-0.05, 0) is 12.0 Å². The van der Waals surface area contributed by atoms with E-state index < -0.39 is 0 Å². The lowest BCUT2D eigenvalue weighted by molar-refractivity contribution is 0.658. The molecule has 6 heteroatoms. The van der Waals surface area contributed by atoms with Crippen molar-refractivity contribution < 1.29 is 0 Å². The molecule has 1 aromatic rings. The van der Waals surface area contributed by atoms with Crippen LogP contribution in [0.1, 0.15) is 19.5 Å². The first-order valence-corrected chi connectivity index (χ1v) is 5.60. The minimum Gasteiger partial charge on any atom is -0.370 e. The molecule has 0 aliphatic rings. The van der Waals surface area contributed by atoms with Gasteiger partial charge in [-0.1, -0.05) is 13.8 Å². The Labute approximate surface area is 120 Å². The van der Waals surface area contributed by atoms with Crippen molar-refractivity contribution in [3.8, 4) is 0 Å². The Morgan fingerprint density at radius 1 is 1.59 bits per heavy atom. The highest BCUT2D eigenvalue weighted by molar-refractivity contribution is 14.0. The number of rotatable bonds is 5. The van der Waals surface area contributed by atoms with Gasteiger partial charge in [-0.15, -0.1) is 24.0 Å². The van der Waals surface area contributed by atoms with Gasteiger partial charge >= 0.3 is 0 Å². The van der Waals surface area contributed by atoms with Crippen LogP contribution in [-0.4, -0.2) is 28.8 Å². The minimum atomic E-state index is 0. The number of nitrogens with one attached hydrogen (secondary N) is 1. The Morgan fingerprint density at radius 2 is 2.29 bits per heavy atom. The summed E-state index contributed by atoms with van der Waals surface area (Å²) in [7, 11) is 1.94.